The van der Waals surface area contributed by atoms with Crippen molar-refractivity contribution in [3.63, 3.8) is 0 Å². The first kappa shape index (κ1) is 16.9. The second-order valence-electron chi connectivity index (χ2n) is 5.50. The number of carbonyl (C=O) groups is 1. The first-order valence-electron chi connectivity index (χ1n) is 6.55. The van der Waals surface area contributed by atoms with E-state index in [1.807, 2.05) is 0 Å². The summed E-state index contributed by atoms with van der Waals surface area (Å²) in [4.78, 5) is 15.7. The summed E-state index contributed by atoms with van der Waals surface area (Å²) in [7, 11) is 1.40. The molecule has 0 aliphatic heterocycles. The molecule has 0 aromatic heterocycles. The van der Waals surface area contributed by atoms with E-state index in [9.17, 15) is 9.18 Å². The minimum Gasteiger partial charge on any atom is -0.494 e. The van der Waals surface area contributed by atoms with Gasteiger partial charge in [-0.15, -0.1) is 0 Å². The minimum absolute atomic E-state index is 0.167. The first-order chi connectivity index (χ1) is 9.71. The molecule has 0 heterocycles. The summed E-state index contributed by atoms with van der Waals surface area (Å²) in [5, 5.41) is 2.53. The normalized spacial score (nSPS) is 12.0. The van der Waals surface area contributed by atoms with Gasteiger partial charge in [0.1, 0.15) is 11.4 Å². The highest BCUT2D eigenvalue weighted by Gasteiger charge is 2.16. The minimum atomic E-state index is -0.561. The monoisotopic (exact) mass is 296 g/mol. The molecule has 1 amide bonds. The van der Waals surface area contributed by atoms with Crippen molar-refractivity contribution in [1.82, 2.24) is 5.32 Å². The van der Waals surface area contributed by atoms with Gasteiger partial charge in [-0.05, 0) is 45.4 Å². The summed E-state index contributed by atoms with van der Waals surface area (Å²) in [5.41, 5.74) is 0.216. The van der Waals surface area contributed by atoms with Crippen LogP contribution in [0.4, 0.5) is 9.18 Å². The molecular weight excluding hydrogens is 275 g/mol. The maximum Gasteiger partial charge on any atom is 0.413 e. The van der Waals surface area contributed by atoms with E-state index in [2.05, 4.69) is 10.3 Å². The van der Waals surface area contributed by atoms with Gasteiger partial charge in [0, 0.05) is 0 Å². The largest absolute Gasteiger partial charge is 0.494 e. The molecule has 1 rings (SSSR count). The number of hydrogen-bond acceptors (Lipinski definition) is 4. The van der Waals surface area contributed by atoms with Crippen molar-refractivity contribution < 1.29 is 18.7 Å². The van der Waals surface area contributed by atoms with Crippen LogP contribution in [0.1, 0.15) is 33.3 Å². The fraction of sp³-hybridized carbons (Fsp3) is 0.467. The SMILES string of the molecule is COc1cc(CN=C(C)NC(=O)OC(C)(C)C)ccc1F. The number of nitrogens with one attached hydrogen (secondary N) is 1. The Labute approximate surface area is 124 Å². The molecule has 0 atom stereocenters. The first-order valence-corrected chi connectivity index (χ1v) is 6.55. The molecule has 0 aliphatic rings. The third kappa shape index (κ3) is 6.25. The number of amides is 1. The van der Waals surface area contributed by atoms with E-state index < -0.39 is 17.5 Å². The van der Waals surface area contributed by atoms with Crippen LogP contribution in [0, 0.1) is 5.82 Å². The van der Waals surface area contributed by atoms with E-state index in [4.69, 9.17) is 9.47 Å². The summed E-state index contributed by atoms with van der Waals surface area (Å²) in [6.07, 6.45) is -0.555. The Morgan fingerprint density at radius 1 is 1.38 bits per heavy atom. The van der Waals surface area contributed by atoms with Gasteiger partial charge >= 0.3 is 6.09 Å². The van der Waals surface area contributed by atoms with E-state index >= 15 is 0 Å². The highest BCUT2D eigenvalue weighted by atomic mass is 19.1. The molecule has 0 spiro atoms. The van der Waals surface area contributed by atoms with Crippen LogP contribution in [0.25, 0.3) is 0 Å². The van der Waals surface area contributed by atoms with E-state index in [-0.39, 0.29) is 5.75 Å². The van der Waals surface area contributed by atoms with E-state index in [1.165, 1.54) is 13.2 Å². The highest BCUT2D eigenvalue weighted by Crippen LogP contribution is 2.18. The number of alkyl carbamates (subject to hydrolysis) is 1. The lowest BCUT2D eigenvalue weighted by Crippen LogP contribution is -2.35. The van der Waals surface area contributed by atoms with Crippen LogP contribution >= 0.6 is 0 Å². The van der Waals surface area contributed by atoms with Crippen molar-refractivity contribution >= 4 is 11.9 Å². The van der Waals surface area contributed by atoms with Gasteiger partial charge in [-0.25, -0.2) is 9.18 Å². The lowest BCUT2D eigenvalue weighted by atomic mass is 10.2. The van der Waals surface area contributed by atoms with Crippen LogP contribution in [0.15, 0.2) is 23.2 Å². The molecule has 0 unspecified atom stereocenters. The van der Waals surface area contributed by atoms with Gasteiger partial charge < -0.3 is 9.47 Å². The number of benzene rings is 1. The average Bonchev–Trinajstić information content (AvgIpc) is 2.35. The van der Waals surface area contributed by atoms with Gasteiger partial charge in [-0.3, -0.25) is 10.3 Å². The number of halogens is 1. The lowest BCUT2D eigenvalue weighted by Gasteiger charge is -2.19. The van der Waals surface area contributed by atoms with Crippen molar-refractivity contribution in [3.05, 3.63) is 29.6 Å². The maximum atomic E-state index is 13.3. The quantitative estimate of drug-likeness (QED) is 0.688. The molecule has 0 saturated carbocycles. The molecule has 1 aromatic carbocycles. The number of methoxy groups -OCH3 is 1. The van der Waals surface area contributed by atoms with Crippen molar-refractivity contribution in [2.24, 2.45) is 4.99 Å². The predicted molar refractivity (Wildman–Crippen MR) is 79.1 cm³/mol. The van der Waals surface area contributed by atoms with E-state index in [0.29, 0.717) is 12.4 Å². The molecule has 116 valence electrons. The topological polar surface area (TPSA) is 59.9 Å². The van der Waals surface area contributed by atoms with E-state index in [0.717, 1.165) is 5.56 Å². The number of hydrogen-bond donors (Lipinski definition) is 1. The average molecular weight is 296 g/mol. The molecule has 0 bridgehead atoms. The predicted octanol–water partition coefficient (Wildman–Crippen LogP) is 3.28. The van der Waals surface area contributed by atoms with Crippen molar-refractivity contribution in [1.29, 1.82) is 0 Å². The number of ether oxygens (including phenoxy) is 2. The number of amidine groups is 1. The molecular formula is C15H21FN2O3. The molecule has 1 aromatic rings. The van der Waals surface area contributed by atoms with Crippen LogP contribution in [0.3, 0.4) is 0 Å². The summed E-state index contributed by atoms with van der Waals surface area (Å²) in [6, 6.07) is 4.50. The summed E-state index contributed by atoms with van der Waals surface area (Å²) >= 11 is 0. The van der Waals surface area contributed by atoms with Crippen LogP contribution in [0.5, 0.6) is 5.75 Å². The Hall–Kier alpha value is -2.11. The zero-order valence-electron chi connectivity index (χ0n) is 13.0. The number of rotatable bonds is 3. The van der Waals surface area contributed by atoms with Gasteiger partial charge in [0.15, 0.2) is 11.6 Å². The smallest absolute Gasteiger partial charge is 0.413 e. The lowest BCUT2D eigenvalue weighted by molar-refractivity contribution is 0.0562. The standard InChI is InChI=1S/C15H21FN2O3/c1-10(18-14(19)21-15(2,3)4)17-9-11-6-7-12(16)13(8-11)20-5/h6-8H,9H2,1-5H3,(H,17,18,19). The van der Waals surface area contributed by atoms with E-state index in [1.54, 1.807) is 39.8 Å². The van der Waals surface area contributed by atoms with Crippen LogP contribution in [-0.2, 0) is 11.3 Å². The van der Waals surface area contributed by atoms with Gasteiger partial charge in [-0.1, -0.05) is 6.07 Å². The van der Waals surface area contributed by atoms with Crippen molar-refractivity contribution in [3.8, 4) is 5.75 Å². The number of carbonyl (C=O) groups excluding carboxylic acids is 1. The van der Waals surface area contributed by atoms with Crippen molar-refractivity contribution in [2.45, 2.75) is 39.8 Å². The molecule has 0 radical (unpaired) electrons. The van der Waals surface area contributed by atoms with Crippen LogP contribution in [-0.4, -0.2) is 24.6 Å². The molecule has 6 heteroatoms. The zero-order valence-corrected chi connectivity index (χ0v) is 13.0. The third-order valence-electron chi connectivity index (χ3n) is 2.40. The Kier molecular flexibility index (Phi) is 5.69. The van der Waals surface area contributed by atoms with Gasteiger partial charge in [0.05, 0.1) is 13.7 Å². The number of nitrogens with zero attached hydrogens (tertiary/aromatic N) is 1. The summed E-state index contributed by atoms with van der Waals surface area (Å²) in [6.45, 7) is 7.31. The fourth-order valence-electron chi connectivity index (χ4n) is 1.50. The third-order valence-corrected chi connectivity index (χ3v) is 2.40. The Balaban J connectivity index is 2.61. The molecule has 5 nitrogen and oxygen atoms in total. The highest BCUT2D eigenvalue weighted by molar-refractivity contribution is 5.93. The molecule has 1 N–H and O–H groups in total. The number of aliphatic imine (C=N–C) groups is 1. The van der Waals surface area contributed by atoms with Crippen LogP contribution in [0.2, 0.25) is 0 Å². The molecule has 0 saturated heterocycles. The van der Waals surface area contributed by atoms with Gasteiger partial charge in [0.2, 0.25) is 0 Å². The summed E-state index contributed by atoms with van der Waals surface area (Å²) < 4.78 is 23.3. The molecule has 21 heavy (non-hydrogen) atoms. The van der Waals surface area contributed by atoms with Gasteiger partial charge in [0.25, 0.3) is 0 Å². The Morgan fingerprint density at radius 3 is 2.62 bits per heavy atom. The zero-order chi connectivity index (χ0) is 16.0. The molecule has 0 aliphatic carbocycles. The fourth-order valence-corrected chi connectivity index (χ4v) is 1.50. The van der Waals surface area contributed by atoms with Crippen molar-refractivity contribution in [2.75, 3.05) is 7.11 Å². The second-order valence-corrected chi connectivity index (χ2v) is 5.50. The Bertz CT molecular complexity index is 536. The maximum absolute atomic E-state index is 13.3. The second kappa shape index (κ2) is 7.06. The van der Waals surface area contributed by atoms with Crippen LogP contribution < -0.4 is 10.1 Å². The summed E-state index contributed by atoms with van der Waals surface area (Å²) in [5.74, 6) is 0.168. The Morgan fingerprint density at radius 2 is 2.05 bits per heavy atom. The van der Waals surface area contributed by atoms with Gasteiger partial charge in [-0.2, -0.15) is 0 Å². The molecule has 0 fully saturated rings.